The molecule has 0 aromatic rings. The van der Waals surface area contributed by atoms with Crippen LogP contribution in [-0.2, 0) is 4.74 Å². The number of hydrogen-bond acceptors (Lipinski definition) is 1. The SMILES string of the molecule is C[C@@H]1CC[C@@H](I)C(C)(C)O1. The molecule has 10 heavy (non-hydrogen) atoms. The average Bonchev–Trinajstić information content (AvgIpc) is 1.78. The Labute approximate surface area is 76.7 Å². The standard InChI is InChI=1S/C8H15IO/c1-6-4-5-7(9)8(2,3)10-6/h6-7H,4-5H2,1-3H3/t6-,7-/m1/s1. The third-order valence-corrected chi connectivity index (χ3v) is 4.21. The van der Waals surface area contributed by atoms with Crippen molar-refractivity contribution in [3.63, 3.8) is 0 Å². The quantitative estimate of drug-likeness (QED) is 0.477. The highest BCUT2D eigenvalue weighted by Crippen LogP contribution is 2.33. The zero-order chi connectivity index (χ0) is 7.78. The zero-order valence-corrected chi connectivity index (χ0v) is 9.01. The fourth-order valence-corrected chi connectivity index (χ4v) is 1.89. The van der Waals surface area contributed by atoms with Gasteiger partial charge >= 0.3 is 0 Å². The van der Waals surface area contributed by atoms with Crippen LogP contribution in [0.5, 0.6) is 0 Å². The van der Waals surface area contributed by atoms with E-state index in [0.717, 1.165) is 0 Å². The van der Waals surface area contributed by atoms with E-state index < -0.39 is 0 Å². The summed E-state index contributed by atoms with van der Waals surface area (Å²) in [6, 6.07) is 0. The maximum Gasteiger partial charge on any atom is 0.0747 e. The van der Waals surface area contributed by atoms with Gasteiger partial charge in [-0.2, -0.15) is 0 Å². The Bertz CT molecular complexity index is 122. The van der Waals surface area contributed by atoms with Gasteiger partial charge in [0.2, 0.25) is 0 Å². The van der Waals surface area contributed by atoms with E-state index in [0.29, 0.717) is 10.0 Å². The molecule has 1 saturated heterocycles. The third-order valence-electron chi connectivity index (χ3n) is 2.09. The van der Waals surface area contributed by atoms with Gasteiger partial charge in [-0.15, -0.1) is 0 Å². The Morgan fingerprint density at radius 2 is 2.00 bits per heavy atom. The van der Waals surface area contributed by atoms with E-state index in [2.05, 4.69) is 43.4 Å². The van der Waals surface area contributed by atoms with E-state index >= 15 is 0 Å². The summed E-state index contributed by atoms with van der Waals surface area (Å²) in [5, 5.41) is 0. The molecule has 0 unspecified atom stereocenters. The summed E-state index contributed by atoms with van der Waals surface area (Å²) < 4.78 is 6.46. The number of halogens is 1. The van der Waals surface area contributed by atoms with Crippen LogP contribution in [-0.4, -0.2) is 15.6 Å². The summed E-state index contributed by atoms with van der Waals surface area (Å²) in [5.74, 6) is 0. The van der Waals surface area contributed by atoms with Crippen LogP contribution in [0, 0.1) is 0 Å². The van der Waals surface area contributed by atoms with E-state index in [1.54, 1.807) is 0 Å². The normalized spacial score (nSPS) is 39.6. The smallest absolute Gasteiger partial charge is 0.0747 e. The summed E-state index contributed by atoms with van der Waals surface area (Å²) >= 11 is 2.48. The second-order valence-corrected chi connectivity index (χ2v) is 5.08. The molecule has 0 aromatic carbocycles. The Balaban J connectivity index is 2.55. The lowest BCUT2D eigenvalue weighted by Crippen LogP contribution is -2.42. The number of rotatable bonds is 0. The van der Waals surface area contributed by atoms with Crippen LogP contribution in [0.2, 0.25) is 0 Å². The van der Waals surface area contributed by atoms with Crippen molar-refractivity contribution in [3.8, 4) is 0 Å². The van der Waals surface area contributed by atoms with Crippen molar-refractivity contribution in [2.45, 2.75) is 49.2 Å². The minimum atomic E-state index is 0.0955. The van der Waals surface area contributed by atoms with Gasteiger partial charge in [0.1, 0.15) is 0 Å². The van der Waals surface area contributed by atoms with Crippen LogP contribution in [0.3, 0.4) is 0 Å². The first-order valence-electron chi connectivity index (χ1n) is 3.84. The molecule has 2 heteroatoms. The van der Waals surface area contributed by atoms with Crippen LogP contribution in [0.15, 0.2) is 0 Å². The molecule has 1 heterocycles. The lowest BCUT2D eigenvalue weighted by Gasteiger charge is -2.38. The molecule has 0 aliphatic carbocycles. The molecule has 0 bridgehead atoms. The van der Waals surface area contributed by atoms with Gasteiger partial charge in [0.05, 0.1) is 11.7 Å². The van der Waals surface area contributed by atoms with E-state index in [1.165, 1.54) is 12.8 Å². The van der Waals surface area contributed by atoms with Crippen LogP contribution >= 0.6 is 22.6 Å². The minimum Gasteiger partial charge on any atom is -0.372 e. The van der Waals surface area contributed by atoms with Crippen LogP contribution in [0.25, 0.3) is 0 Å². The Kier molecular flexibility index (Phi) is 2.61. The van der Waals surface area contributed by atoms with Crippen molar-refractivity contribution in [2.75, 3.05) is 0 Å². The number of alkyl halides is 1. The topological polar surface area (TPSA) is 9.23 Å². The molecular weight excluding hydrogens is 239 g/mol. The van der Waals surface area contributed by atoms with Crippen molar-refractivity contribution >= 4 is 22.6 Å². The average molecular weight is 254 g/mol. The summed E-state index contributed by atoms with van der Waals surface area (Å²) in [4.78, 5) is 0. The van der Waals surface area contributed by atoms with Crippen molar-refractivity contribution in [3.05, 3.63) is 0 Å². The lowest BCUT2D eigenvalue weighted by molar-refractivity contribution is -0.0897. The van der Waals surface area contributed by atoms with Gasteiger partial charge in [-0.1, -0.05) is 22.6 Å². The van der Waals surface area contributed by atoms with Crippen LogP contribution in [0.1, 0.15) is 33.6 Å². The summed E-state index contributed by atoms with van der Waals surface area (Å²) in [7, 11) is 0. The van der Waals surface area contributed by atoms with Crippen molar-refractivity contribution < 1.29 is 4.74 Å². The Morgan fingerprint density at radius 1 is 1.40 bits per heavy atom. The molecule has 0 saturated carbocycles. The molecule has 0 radical (unpaired) electrons. The first kappa shape index (κ1) is 8.78. The van der Waals surface area contributed by atoms with E-state index in [4.69, 9.17) is 4.74 Å². The first-order valence-corrected chi connectivity index (χ1v) is 5.09. The molecule has 0 amide bonds. The minimum absolute atomic E-state index is 0.0955. The van der Waals surface area contributed by atoms with E-state index in [-0.39, 0.29) is 5.60 Å². The van der Waals surface area contributed by atoms with E-state index in [1.807, 2.05) is 0 Å². The number of ether oxygens (including phenoxy) is 1. The number of hydrogen-bond donors (Lipinski definition) is 0. The van der Waals surface area contributed by atoms with Gasteiger partial charge in [0, 0.05) is 3.92 Å². The first-order chi connectivity index (χ1) is 4.52. The van der Waals surface area contributed by atoms with Gasteiger partial charge in [-0.3, -0.25) is 0 Å². The van der Waals surface area contributed by atoms with E-state index in [9.17, 15) is 0 Å². The van der Waals surface area contributed by atoms with Gasteiger partial charge in [0.25, 0.3) is 0 Å². The molecule has 1 aliphatic heterocycles. The third kappa shape index (κ3) is 1.84. The van der Waals surface area contributed by atoms with Gasteiger partial charge in [-0.25, -0.2) is 0 Å². The highest BCUT2D eigenvalue weighted by molar-refractivity contribution is 14.1. The predicted molar refractivity (Wildman–Crippen MR) is 51.7 cm³/mol. The maximum absolute atomic E-state index is 5.78. The predicted octanol–water partition coefficient (Wildman–Crippen LogP) is 2.77. The second-order valence-electron chi connectivity index (χ2n) is 3.58. The molecule has 0 N–H and O–H groups in total. The fourth-order valence-electron chi connectivity index (χ4n) is 1.38. The van der Waals surface area contributed by atoms with Gasteiger partial charge < -0.3 is 4.74 Å². The lowest BCUT2D eigenvalue weighted by atomic mass is 9.96. The molecule has 60 valence electrons. The summed E-state index contributed by atoms with van der Waals surface area (Å²) in [5.41, 5.74) is 0.0955. The monoisotopic (exact) mass is 254 g/mol. The highest BCUT2D eigenvalue weighted by Gasteiger charge is 2.33. The van der Waals surface area contributed by atoms with Crippen LogP contribution < -0.4 is 0 Å². The summed E-state index contributed by atoms with van der Waals surface area (Å²) in [6.07, 6.45) is 2.98. The second kappa shape index (κ2) is 2.97. The zero-order valence-electron chi connectivity index (χ0n) is 6.86. The van der Waals surface area contributed by atoms with Crippen molar-refractivity contribution in [1.82, 2.24) is 0 Å². The Hall–Kier alpha value is 0.690. The fraction of sp³-hybridized carbons (Fsp3) is 1.00. The summed E-state index contributed by atoms with van der Waals surface area (Å²) in [6.45, 7) is 6.52. The largest absolute Gasteiger partial charge is 0.372 e. The molecular formula is C8H15IO. The van der Waals surface area contributed by atoms with Crippen molar-refractivity contribution in [1.29, 1.82) is 0 Å². The van der Waals surface area contributed by atoms with Gasteiger partial charge in [-0.05, 0) is 33.6 Å². The molecule has 0 aromatic heterocycles. The molecule has 0 spiro atoms. The van der Waals surface area contributed by atoms with Gasteiger partial charge in [0.15, 0.2) is 0 Å². The molecule has 1 nitrogen and oxygen atoms in total. The van der Waals surface area contributed by atoms with Crippen LogP contribution in [0.4, 0.5) is 0 Å². The Morgan fingerprint density at radius 3 is 2.40 bits per heavy atom. The maximum atomic E-state index is 5.78. The molecule has 1 rings (SSSR count). The van der Waals surface area contributed by atoms with Crippen molar-refractivity contribution in [2.24, 2.45) is 0 Å². The molecule has 1 aliphatic rings. The highest BCUT2D eigenvalue weighted by atomic mass is 127. The molecule has 2 atom stereocenters. The molecule has 1 fully saturated rings.